The number of hydrogen-bond acceptors (Lipinski definition) is 5. The molecule has 0 saturated carbocycles. The summed E-state index contributed by atoms with van der Waals surface area (Å²) in [5.74, 6) is 0.0682. The molecule has 1 aromatic rings. The molecular weight excluding hydrogens is 252 g/mol. The van der Waals surface area contributed by atoms with Crippen LogP contribution < -0.4 is 4.74 Å². The van der Waals surface area contributed by atoms with E-state index in [1.54, 1.807) is 19.1 Å². The zero-order chi connectivity index (χ0) is 13.5. The van der Waals surface area contributed by atoms with Gasteiger partial charge in [-0.1, -0.05) is 11.8 Å². The van der Waals surface area contributed by atoms with Crippen LogP contribution in [-0.2, 0) is 14.3 Å². The Morgan fingerprint density at radius 1 is 1.28 bits per heavy atom. The number of thioether (sulfide) groups is 1. The normalized spacial score (nSPS) is 11.7. The van der Waals surface area contributed by atoms with Gasteiger partial charge in [-0.15, -0.1) is 0 Å². The molecule has 0 saturated heterocycles. The molecule has 0 aliphatic carbocycles. The number of benzene rings is 1. The predicted octanol–water partition coefficient (Wildman–Crippen LogP) is 2.51. The Balaban J connectivity index is 2.48. The van der Waals surface area contributed by atoms with E-state index in [1.165, 1.54) is 25.8 Å². The fourth-order valence-electron chi connectivity index (χ4n) is 1.26. The van der Waals surface area contributed by atoms with Crippen LogP contribution in [0.1, 0.15) is 13.8 Å². The van der Waals surface area contributed by atoms with E-state index in [-0.39, 0.29) is 23.6 Å². The van der Waals surface area contributed by atoms with Crippen molar-refractivity contribution in [1.82, 2.24) is 0 Å². The number of esters is 1. The first-order valence-electron chi connectivity index (χ1n) is 5.52. The summed E-state index contributed by atoms with van der Waals surface area (Å²) in [6.45, 7) is 3.53. The van der Waals surface area contributed by atoms with Crippen molar-refractivity contribution in [2.75, 3.05) is 13.7 Å². The van der Waals surface area contributed by atoms with Crippen molar-refractivity contribution in [1.29, 1.82) is 0 Å². The van der Waals surface area contributed by atoms with Gasteiger partial charge in [0, 0.05) is 11.8 Å². The zero-order valence-electron chi connectivity index (χ0n) is 10.6. The van der Waals surface area contributed by atoms with E-state index in [0.29, 0.717) is 5.75 Å². The Morgan fingerprint density at radius 2 is 1.89 bits per heavy atom. The summed E-state index contributed by atoms with van der Waals surface area (Å²) in [5, 5.41) is 0.0444. The molecule has 0 amide bonds. The second-order valence-corrected chi connectivity index (χ2v) is 5.05. The van der Waals surface area contributed by atoms with E-state index in [4.69, 9.17) is 4.74 Å². The fourth-order valence-corrected chi connectivity index (χ4v) is 1.86. The Hall–Kier alpha value is -1.49. The highest BCUT2D eigenvalue weighted by Gasteiger charge is 2.13. The molecule has 1 rings (SSSR count). The summed E-state index contributed by atoms with van der Waals surface area (Å²) in [6, 6.07) is 7.17. The van der Waals surface area contributed by atoms with E-state index < -0.39 is 0 Å². The minimum Gasteiger partial charge on any atom is -0.493 e. The molecule has 1 atom stereocenters. The van der Waals surface area contributed by atoms with Crippen LogP contribution >= 0.6 is 11.8 Å². The average molecular weight is 268 g/mol. The number of hydrogen-bond donors (Lipinski definition) is 0. The summed E-state index contributed by atoms with van der Waals surface area (Å²) in [5.41, 5.74) is 0. The third-order valence-corrected chi connectivity index (χ3v) is 2.98. The van der Waals surface area contributed by atoms with Crippen molar-refractivity contribution < 1.29 is 19.1 Å². The topological polar surface area (TPSA) is 52.6 Å². The number of carbonyl (C=O) groups is 2. The maximum absolute atomic E-state index is 11.2. The lowest BCUT2D eigenvalue weighted by Crippen LogP contribution is -2.19. The second-order valence-electron chi connectivity index (χ2n) is 3.80. The molecule has 0 aliphatic rings. The van der Waals surface area contributed by atoms with Crippen LogP contribution in [0.25, 0.3) is 0 Å². The first kappa shape index (κ1) is 14.6. The molecule has 0 bridgehead atoms. The summed E-state index contributed by atoms with van der Waals surface area (Å²) >= 11 is 1.17. The standard InChI is InChI=1S/C13H16O4S/c1-9(13(15)16-3)8-17-11-4-6-12(7-5-11)18-10(2)14/h4-7,9H,8H2,1-3H3. The van der Waals surface area contributed by atoms with Crippen molar-refractivity contribution in [2.24, 2.45) is 5.92 Å². The molecule has 0 fully saturated rings. The summed E-state index contributed by atoms with van der Waals surface area (Å²) in [6.07, 6.45) is 0. The molecule has 0 N–H and O–H groups in total. The van der Waals surface area contributed by atoms with Crippen LogP contribution in [0.5, 0.6) is 5.75 Å². The Morgan fingerprint density at radius 3 is 2.39 bits per heavy atom. The maximum atomic E-state index is 11.2. The van der Waals surface area contributed by atoms with Gasteiger partial charge < -0.3 is 9.47 Å². The van der Waals surface area contributed by atoms with Crippen LogP contribution in [-0.4, -0.2) is 24.8 Å². The molecule has 1 unspecified atom stereocenters. The van der Waals surface area contributed by atoms with Crippen LogP contribution in [0.2, 0.25) is 0 Å². The minimum atomic E-state index is -0.304. The molecule has 0 radical (unpaired) electrons. The quantitative estimate of drug-likeness (QED) is 0.606. The highest BCUT2D eigenvalue weighted by Crippen LogP contribution is 2.22. The zero-order valence-corrected chi connectivity index (χ0v) is 11.5. The number of methoxy groups -OCH3 is 1. The molecular formula is C13H16O4S. The number of carbonyl (C=O) groups excluding carboxylic acids is 2. The first-order chi connectivity index (χ1) is 8.52. The minimum absolute atomic E-state index is 0.0444. The molecule has 4 nitrogen and oxygen atoms in total. The highest BCUT2D eigenvalue weighted by atomic mass is 32.2. The van der Waals surface area contributed by atoms with Gasteiger partial charge in [0.2, 0.25) is 0 Å². The van der Waals surface area contributed by atoms with E-state index in [0.717, 1.165) is 4.90 Å². The monoisotopic (exact) mass is 268 g/mol. The largest absolute Gasteiger partial charge is 0.493 e. The van der Waals surface area contributed by atoms with E-state index in [9.17, 15) is 9.59 Å². The maximum Gasteiger partial charge on any atom is 0.311 e. The van der Waals surface area contributed by atoms with Gasteiger partial charge in [0.25, 0.3) is 0 Å². The van der Waals surface area contributed by atoms with Gasteiger partial charge in [-0.3, -0.25) is 9.59 Å². The smallest absolute Gasteiger partial charge is 0.311 e. The van der Waals surface area contributed by atoms with Crippen molar-refractivity contribution in [3.05, 3.63) is 24.3 Å². The predicted molar refractivity (Wildman–Crippen MR) is 69.7 cm³/mol. The van der Waals surface area contributed by atoms with Crippen LogP contribution in [0.3, 0.4) is 0 Å². The van der Waals surface area contributed by atoms with Crippen LogP contribution in [0.4, 0.5) is 0 Å². The van der Waals surface area contributed by atoms with Crippen molar-refractivity contribution >= 4 is 22.8 Å². The van der Waals surface area contributed by atoms with Gasteiger partial charge in [0.15, 0.2) is 5.12 Å². The lowest BCUT2D eigenvalue weighted by atomic mass is 10.2. The average Bonchev–Trinajstić information content (AvgIpc) is 2.36. The Labute approximate surface area is 111 Å². The third kappa shape index (κ3) is 4.79. The van der Waals surface area contributed by atoms with Gasteiger partial charge in [0.1, 0.15) is 12.4 Å². The molecule has 0 aliphatic heterocycles. The Bertz CT molecular complexity index is 414. The van der Waals surface area contributed by atoms with Gasteiger partial charge in [-0.2, -0.15) is 0 Å². The lowest BCUT2D eigenvalue weighted by Gasteiger charge is -2.11. The molecule has 98 valence electrons. The van der Waals surface area contributed by atoms with E-state index in [2.05, 4.69) is 4.74 Å². The SMILES string of the molecule is COC(=O)C(C)COc1ccc(SC(C)=O)cc1. The van der Waals surface area contributed by atoms with Crippen molar-refractivity contribution in [3.63, 3.8) is 0 Å². The Kier molecular flexibility index (Phi) is 5.71. The van der Waals surface area contributed by atoms with Gasteiger partial charge in [0.05, 0.1) is 13.0 Å². The highest BCUT2D eigenvalue weighted by molar-refractivity contribution is 8.13. The van der Waals surface area contributed by atoms with Gasteiger partial charge in [-0.25, -0.2) is 0 Å². The molecule has 0 heterocycles. The first-order valence-corrected chi connectivity index (χ1v) is 6.33. The molecule has 0 aromatic heterocycles. The lowest BCUT2D eigenvalue weighted by molar-refractivity contribution is -0.145. The molecule has 1 aromatic carbocycles. The molecule has 18 heavy (non-hydrogen) atoms. The van der Waals surface area contributed by atoms with Crippen LogP contribution in [0, 0.1) is 5.92 Å². The van der Waals surface area contributed by atoms with Gasteiger partial charge >= 0.3 is 5.97 Å². The van der Waals surface area contributed by atoms with Crippen LogP contribution in [0.15, 0.2) is 29.2 Å². The molecule has 0 spiro atoms. The van der Waals surface area contributed by atoms with Crippen molar-refractivity contribution in [3.8, 4) is 5.75 Å². The second kappa shape index (κ2) is 7.06. The number of rotatable bonds is 5. The van der Waals surface area contributed by atoms with Crippen molar-refractivity contribution in [2.45, 2.75) is 18.7 Å². The van der Waals surface area contributed by atoms with Gasteiger partial charge in [-0.05, 0) is 31.2 Å². The van der Waals surface area contributed by atoms with E-state index in [1.807, 2.05) is 12.1 Å². The summed E-state index contributed by atoms with van der Waals surface area (Å²) < 4.78 is 10.1. The number of ether oxygens (including phenoxy) is 2. The fraction of sp³-hybridized carbons (Fsp3) is 0.385. The molecule has 5 heteroatoms. The summed E-state index contributed by atoms with van der Waals surface area (Å²) in [4.78, 5) is 22.9. The third-order valence-electron chi connectivity index (χ3n) is 2.19. The summed E-state index contributed by atoms with van der Waals surface area (Å²) in [7, 11) is 1.35. The van der Waals surface area contributed by atoms with E-state index >= 15 is 0 Å².